The highest BCUT2D eigenvalue weighted by Gasteiger charge is 2.75. The van der Waals surface area contributed by atoms with Crippen molar-refractivity contribution in [2.75, 3.05) is 4.90 Å². The second-order valence-corrected chi connectivity index (χ2v) is 9.47. The lowest BCUT2D eigenvalue weighted by molar-refractivity contribution is -0.137. The number of ether oxygens (including phenoxy) is 1. The zero-order valence-electron chi connectivity index (χ0n) is 18.7. The van der Waals surface area contributed by atoms with Crippen molar-refractivity contribution < 1.29 is 37.1 Å². The molecule has 2 heterocycles. The van der Waals surface area contributed by atoms with E-state index in [1.165, 1.54) is 24.3 Å². The summed E-state index contributed by atoms with van der Waals surface area (Å²) in [4.78, 5) is 55.6. The molecule has 186 valence electrons. The molecule has 2 fully saturated rings. The van der Waals surface area contributed by atoms with Crippen LogP contribution in [-0.4, -0.2) is 29.0 Å². The number of hydrogen-bond acceptors (Lipinski definition) is 5. The molecule has 0 aromatic heterocycles. The summed E-state index contributed by atoms with van der Waals surface area (Å²) in [6.45, 7) is 0. The van der Waals surface area contributed by atoms with Gasteiger partial charge in [0.25, 0.3) is 0 Å². The highest BCUT2D eigenvalue weighted by Crippen LogP contribution is 2.58. The molecule has 6 nitrogen and oxygen atoms in total. The van der Waals surface area contributed by atoms with Gasteiger partial charge >= 0.3 is 6.18 Å². The summed E-state index contributed by atoms with van der Waals surface area (Å²) < 4.78 is 46.3. The maximum Gasteiger partial charge on any atom is 0.416 e. The zero-order valence-corrected chi connectivity index (χ0v) is 19.4. The lowest BCUT2D eigenvalue weighted by atomic mass is 9.77. The fraction of sp³-hybridized carbons (Fsp3) is 0.185. The molecule has 3 aromatic rings. The molecule has 0 N–H and O–H groups in total. The van der Waals surface area contributed by atoms with Crippen LogP contribution < -0.4 is 4.90 Å². The molecule has 2 amide bonds. The van der Waals surface area contributed by atoms with Crippen molar-refractivity contribution in [1.82, 2.24) is 0 Å². The van der Waals surface area contributed by atoms with E-state index in [9.17, 15) is 32.3 Å². The number of nitrogens with zero attached hydrogens (tertiary/aromatic N) is 1. The van der Waals surface area contributed by atoms with Crippen LogP contribution in [-0.2, 0) is 20.5 Å². The van der Waals surface area contributed by atoms with Crippen molar-refractivity contribution in [3.63, 3.8) is 0 Å². The highest BCUT2D eigenvalue weighted by molar-refractivity contribution is 6.37. The highest BCUT2D eigenvalue weighted by atomic mass is 35.5. The van der Waals surface area contributed by atoms with Gasteiger partial charge in [0.05, 0.1) is 29.2 Å². The summed E-state index contributed by atoms with van der Waals surface area (Å²) >= 11 is 6.38. The van der Waals surface area contributed by atoms with Crippen LogP contribution in [0.25, 0.3) is 0 Å². The van der Waals surface area contributed by atoms with Gasteiger partial charge in [0.1, 0.15) is 0 Å². The van der Waals surface area contributed by atoms with Gasteiger partial charge in [-0.15, -0.1) is 0 Å². The standard InChI is InChI=1S/C27H15ClF3NO5/c28-18-11-4-3-10-17(18)21-19-20(26(37-21)22(33)15-8-1-2-9-16(15)23(26)34)25(36)32(24(19)35)14-7-5-6-13(12-14)27(29,30)31/h1-12,19-21H. The number of carbonyl (C=O) groups excluding carboxylic acids is 4. The summed E-state index contributed by atoms with van der Waals surface area (Å²) in [5.74, 6) is -6.38. The number of hydrogen-bond donors (Lipinski definition) is 0. The van der Waals surface area contributed by atoms with Gasteiger partial charge in [-0.3, -0.25) is 19.2 Å². The minimum atomic E-state index is -4.72. The molecule has 10 heteroatoms. The molecule has 37 heavy (non-hydrogen) atoms. The third-order valence-corrected chi connectivity index (χ3v) is 7.51. The Balaban J connectivity index is 1.54. The third kappa shape index (κ3) is 3.10. The maximum absolute atomic E-state index is 13.8. The molecular formula is C27H15ClF3NO5. The van der Waals surface area contributed by atoms with Gasteiger partial charge in [0, 0.05) is 21.7 Å². The molecule has 1 aliphatic carbocycles. The van der Waals surface area contributed by atoms with Crippen molar-refractivity contribution in [3.05, 3.63) is 100 Å². The van der Waals surface area contributed by atoms with E-state index in [2.05, 4.69) is 0 Å². The van der Waals surface area contributed by atoms with Crippen molar-refractivity contribution in [2.24, 2.45) is 11.8 Å². The molecule has 3 aromatic carbocycles. The molecular weight excluding hydrogens is 511 g/mol. The molecule has 1 spiro atoms. The first-order valence-corrected chi connectivity index (χ1v) is 11.6. The van der Waals surface area contributed by atoms with E-state index in [1.54, 1.807) is 30.3 Å². The van der Waals surface area contributed by atoms with E-state index in [1.807, 2.05) is 0 Å². The molecule has 6 rings (SSSR count). The molecule has 3 unspecified atom stereocenters. The van der Waals surface area contributed by atoms with Crippen LogP contribution in [0.5, 0.6) is 0 Å². The largest absolute Gasteiger partial charge is 0.416 e. The molecule has 0 radical (unpaired) electrons. The van der Waals surface area contributed by atoms with E-state index in [0.717, 1.165) is 12.1 Å². The first kappa shape index (κ1) is 23.6. The molecule has 3 atom stereocenters. The van der Waals surface area contributed by atoms with E-state index in [4.69, 9.17) is 16.3 Å². The Hall–Kier alpha value is -3.82. The summed E-state index contributed by atoms with van der Waals surface area (Å²) in [5.41, 5.74) is -3.35. The second kappa shape index (κ2) is 7.84. The van der Waals surface area contributed by atoms with Crippen molar-refractivity contribution in [3.8, 4) is 0 Å². The molecule has 0 saturated carbocycles. The average molecular weight is 526 g/mol. The van der Waals surface area contributed by atoms with E-state index in [-0.39, 0.29) is 27.4 Å². The van der Waals surface area contributed by atoms with Crippen molar-refractivity contribution in [1.29, 1.82) is 0 Å². The second-order valence-electron chi connectivity index (χ2n) is 9.06. The van der Waals surface area contributed by atoms with Gasteiger partial charge in [-0.05, 0) is 24.3 Å². The maximum atomic E-state index is 13.8. The summed E-state index contributed by atoms with van der Waals surface area (Å²) in [6, 6.07) is 16.0. The SMILES string of the molecule is O=C1C2C(c3ccccc3Cl)OC3(C(=O)c4ccccc4C3=O)C2C(=O)N1c1cccc(C(F)(F)F)c1. The van der Waals surface area contributed by atoms with Gasteiger partial charge in [-0.25, -0.2) is 4.90 Å². The molecule has 3 aliphatic rings. The topological polar surface area (TPSA) is 80.8 Å². The predicted molar refractivity (Wildman–Crippen MR) is 124 cm³/mol. The number of imide groups is 1. The Labute approximate surface area is 212 Å². The fourth-order valence-electron chi connectivity index (χ4n) is 5.58. The minimum absolute atomic E-state index is 0.0452. The number of halogens is 4. The molecule has 2 saturated heterocycles. The van der Waals surface area contributed by atoms with Crippen molar-refractivity contribution >= 4 is 40.7 Å². The van der Waals surface area contributed by atoms with Crippen LogP contribution in [0.1, 0.15) is 37.9 Å². The number of rotatable bonds is 2. The fourth-order valence-corrected chi connectivity index (χ4v) is 5.82. The van der Waals surface area contributed by atoms with Gasteiger partial charge in [-0.2, -0.15) is 13.2 Å². The predicted octanol–water partition coefficient (Wildman–Crippen LogP) is 5.05. The number of amides is 2. The van der Waals surface area contributed by atoms with E-state index >= 15 is 0 Å². The average Bonchev–Trinajstić information content (AvgIpc) is 3.44. The third-order valence-electron chi connectivity index (χ3n) is 7.16. The van der Waals surface area contributed by atoms with Gasteiger partial charge in [0.15, 0.2) is 0 Å². The Morgan fingerprint density at radius 3 is 2.05 bits per heavy atom. The minimum Gasteiger partial charge on any atom is -0.349 e. The van der Waals surface area contributed by atoms with E-state index < -0.39 is 58.7 Å². The summed E-state index contributed by atoms with van der Waals surface area (Å²) in [7, 11) is 0. The molecule has 2 aliphatic heterocycles. The Morgan fingerprint density at radius 2 is 1.43 bits per heavy atom. The number of fused-ring (bicyclic) bond motifs is 3. The van der Waals surface area contributed by atoms with Crippen LogP contribution in [0.15, 0.2) is 72.8 Å². The van der Waals surface area contributed by atoms with Gasteiger partial charge < -0.3 is 4.74 Å². The number of benzene rings is 3. The number of carbonyl (C=O) groups is 4. The lowest BCUT2D eigenvalue weighted by Crippen LogP contribution is -2.51. The number of alkyl halides is 3. The normalized spacial score (nSPS) is 24.2. The number of Topliss-reactive ketones (excluding diaryl/α,β-unsaturated/α-hetero) is 2. The van der Waals surface area contributed by atoms with Gasteiger partial charge in [-0.1, -0.05) is 60.1 Å². The smallest absolute Gasteiger partial charge is 0.349 e. The first-order valence-electron chi connectivity index (χ1n) is 11.2. The lowest BCUT2D eigenvalue weighted by Gasteiger charge is -2.27. The molecule has 0 bridgehead atoms. The van der Waals surface area contributed by atoms with Crippen molar-refractivity contribution in [2.45, 2.75) is 17.9 Å². The quantitative estimate of drug-likeness (QED) is 0.345. The zero-order chi connectivity index (χ0) is 26.3. The van der Waals surface area contributed by atoms with Crippen LogP contribution in [0.2, 0.25) is 5.02 Å². The van der Waals surface area contributed by atoms with Crippen LogP contribution in [0.3, 0.4) is 0 Å². The summed E-state index contributed by atoms with van der Waals surface area (Å²) in [5, 5.41) is 0.177. The monoisotopic (exact) mass is 525 g/mol. The first-order chi connectivity index (χ1) is 17.6. The Kier molecular flexibility index (Phi) is 4.99. The van der Waals surface area contributed by atoms with E-state index in [0.29, 0.717) is 11.0 Å². The van der Waals surface area contributed by atoms with Crippen LogP contribution in [0.4, 0.5) is 18.9 Å². The number of ketones is 2. The summed E-state index contributed by atoms with van der Waals surface area (Å²) in [6.07, 6.45) is -5.99. The van der Waals surface area contributed by atoms with Gasteiger partial charge in [0.2, 0.25) is 29.0 Å². The Bertz CT molecular complexity index is 1500. The number of anilines is 1. The Morgan fingerprint density at radius 1 is 0.811 bits per heavy atom. The van der Waals surface area contributed by atoms with Crippen LogP contribution >= 0.6 is 11.6 Å². The van der Waals surface area contributed by atoms with Crippen LogP contribution in [0, 0.1) is 11.8 Å².